The number of carbonyl (C=O) groups excluding carboxylic acids is 1. The summed E-state index contributed by atoms with van der Waals surface area (Å²) >= 11 is 0. The lowest BCUT2D eigenvalue weighted by Crippen LogP contribution is -2.45. The average Bonchev–Trinajstić information content (AvgIpc) is 2.31. The van der Waals surface area contributed by atoms with Crippen LogP contribution in [-0.4, -0.2) is 37.5 Å². The molecule has 0 fully saturated rings. The molecule has 1 rings (SSSR count). The van der Waals surface area contributed by atoms with E-state index < -0.39 is 0 Å². The average molecular weight is 235 g/mol. The van der Waals surface area contributed by atoms with E-state index in [1.165, 1.54) is 0 Å². The van der Waals surface area contributed by atoms with E-state index in [1.54, 1.807) is 19.0 Å². The Morgan fingerprint density at radius 2 is 1.94 bits per heavy atom. The Morgan fingerprint density at radius 1 is 1.35 bits per heavy atom. The fourth-order valence-corrected chi connectivity index (χ4v) is 1.91. The summed E-state index contributed by atoms with van der Waals surface area (Å²) < 4.78 is 0. The Labute approximate surface area is 103 Å². The van der Waals surface area contributed by atoms with Crippen LogP contribution >= 0.6 is 0 Å². The van der Waals surface area contributed by atoms with Gasteiger partial charge in [-0.3, -0.25) is 4.79 Å². The first kappa shape index (κ1) is 13.4. The van der Waals surface area contributed by atoms with Gasteiger partial charge in [-0.25, -0.2) is 0 Å². The van der Waals surface area contributed by atoms with Crippen LogP contribution < -0.4 is 10.6 Å². The molecule has 0 aromatic heterocycles. The van der Waals surface area contributed by atoms with Crippen LogP contribution in [0.25, 0.3) is 0 Å². The van der Waals surface area contributed by atoms with Crippen molar-refractivity contribution >= 4 is 17.3 Å². The number of hydrogen-bond acceptors (Lipinski definition) is 3. The zero-order valence-electron chi connectivity index (χ0n) is 11.0. The third-order valence-corrected chi connectivity index (χ3v) is 2.85. The highest BCUT2D eigenvalue weighted by Crippen LogP contribution is 2.24. The molecule has 0 saturated carbocycles. The number of benzene rings is 1. The minimum Gasteiger partial charge on any atom is -0.397 e. The van der Waals surface area contributed by atoms with E-state index in [4.69, 9.17) is 5.73 Å². The quantitative estimate of drug-likeness (QED) is 0.806. The van der Waals surface area contributed by atoms with Gasteiger partial charge in [-0.1, -0.05) is 12.1 Å². The lowest BCUT2D eigenvalue weighted by atomic mass is 10.2. The van der Waals surface area contributed by atoms with Crippen LogP contribution in [0.4, 0.5) is 11.4 Å². The van der Waals surface area contributed by atoms with Gasteiger partial charge in [-0.2, -0.15) is 0 Å². The minimum atomic E-state index is -0.209. The molecule has 1 atom stereocenters. The number of nitrogen functional groups attached to an aromatic ring is 1. The van der Waals surface area contributed by atoms with Gasteiger partial charge in [0.25, 0.3) is 0 Å². The van der Waals surface area contributed by atoms with Crippen molar-refractivity contribution in [3.63, 3.8) is 0 Å². The van der Waals surface area contributed by atoms with Crippen LogP contribution in [0.15, 0.2) is 24.3 Å². The molecule has 0 aliphatic carbocycles. The molecular weight excluding hydrogens is 214 g/mol. The van der Waals surface area contributed by atoms with Gasteiger partial charge in [-0.15, -0.1) is 0 Å². The molecule has 0 spiro atoms. The van der Waals surface area contributed by atoms with Crippen molar-refractivity contribution in [2.75, 3.05) is 31.3 Å². The molecule has 0 saturated heterocycles. The maximum Gasteiger partial charge on any atom is 0.244 e. The first-order valence-electron chi connectivity index (χ1n) is 5.81. The van der Waals surface area contributed by atoms with Gasteiger partial charge in [0.2, 0.25) is 5.91 Å². The van der Waals surface area contributed by atoms with Crippen molar-refractivity contribution in [3.05, 3.63) is 24.3 Å². The number of carbonyl (C=O) groups is 1. The highest BCUT2D eigenvalue weighted by molar-refractivity contribution is 5.86. The molecule has 0 aliphatic rings. The first-order chi connectivity index (χ1) is 7.99. The summed E-state index contributed by atoms with van der Waals surface area (Å²) in [6.07, 6.45) is 0. The topological polar surface area (TPSA) is 49.6 Å². The Hall–Kier alpha value is -1.71. The second-order valence-corrected chi connectivity index (χ2v) is 4.25. The van der Waals surface area contributed by atoms with Crippen LogP contribution in [0, 0.1) is 0 Å². The largest absolute Gasteiger partial charge is 0.397 e. The van der Waals surface area contributed by atoms with E-state index in [2.05, 4.69) is 0 Å². The van der Waals surface area contributed by atoms with Gasteiger partial charge in [0.15, 0.2) is 0 Å². The van der Waals surface area contributed by atoms with E-state index >= 15 is 0 Å². The molecule has 17 heavy (non-hydrogen) atoms. The summed E-state index contributed by atoms with van der Waals surface area (Å²) in [4.78, 5) is 15.6. The fraction of sp³-hybridized carbons (Fsp3) is 0.462. The molecule has 4 nitrogen and oxygen atoms in total. The maximum atomic E-state index is 12.0. The molecule has 2 N–H and O–H groups in total. The summed E-state index contributed by atoms with van der Waals surface area (Å²) in [5, 5.41) is 0. The van der Waals surface area contributed by atoms with Gasteiger partial charge in [0.05, 0.1) is 11.4 Å². The summed E-state index contributed by atoms with van der Waals surface area (Å²) in [6, 6.07) is 7.41. The number of likely N-dealkylation sites (N-methyl/N-ethyl adjacent to an activating group) is 2. The number of nitrogens with two attached hydrogens (primary N) is 1. The van der Waals surface area contributed by atoms with Crippen molar-refractivity contribution in [2.45, 2.75) is 19.9 Å². The van der Waals surface area contributed by atoms with Crippen molar-refractivity contribution in [1.29, 1.82) is 0 Å². The molecular formula is C13H21N3O. The van der Waals surface area contributed by atoms with Gasteiger partial charge >= 0.3 is 0 Å². The third kappa shape index (κ3) is 2.90. The van der Waals surface area contributed by atoms with Gasteiger partial charge in [0, 0.05) is 20.6 Å². The van der Waals surface area contributed by atoms with E-state index in [1.807, 2.05) is 43.0 Å². The Bertz CT molecular complexity index is 390. The molecule has 1 aromatic carbocycles. The Kier molecular flexibility index (Phi) is 4.37. The second-order valence-electron chi connectivity index (χ2n) is 4.25. The number of para-hydroxylation sites is 2. The molecule has 94 valence electrons. The smallest absolute Gasteiger partial charge is 0.244 e. The molecule has 1 amide bonds. The molecule has 0 radical (unpaired) electrons. The number of rotatable bonds is 4. The SMILES string of the molecule is CCN(c1ccccc1N)C(C)C(=O)N(C)C. The van der Waals surface area contributed by atoms with Crippen molar-refractivity contribution in [2.24, 2.45) is 0 Å². The summed E-state index contributed by atoms with van der Waals surface area (Å²) in [7, 11) is 3.53. The Morgan fingerprint density at radius 3 is 2.41 bits per heavy atom. The number of anilines is 2. The Balaban J connectivity index is 3.00. The highest BCUT2D eigenvalue weighted by Gasteiger charge is 2.22. The van der Waals surface area contributed by atoms with Gasteiger partial charge < -0.3 is 15.5 Å². The van der Waals surface area contributed by atoms with Crippen LogP contribution in [0.5, 0.6) is 0 Å². The molecule has 0 bridgehead atoms. The standard InChI is InChI=1S/C13H21N3O/c1-5-16(10(2)13(17)15(3)4)12-9-7-6-8-11(12)14/h6-10H,5,14H2,1-4H3. The van der Waals surface area contributed by atoms with Gasteiger partial charge in [0.1, 0.15) is 6.04 Å². The minimum absolute atomic E-state index is 0.0788. The van der Waals surface area contributed by atoms with Gasteiger partial charge in [-0.05, 0) is 26.0 Å². The summed E-state index contributed by atoms with van der Waals surface area (Å²) in [5.41, 5.74) is 7.56. The van der Waals surface area contributed by atoms with E-state index in [0.29, 0.717) is 5.69 Å². The second kappa shape index (κ2) is 5.57. The molecule has 1 aromatic rings. The summed E-state index contributed by atoms with van der Waals surface area (Å²) in [5.74, 6) is 0.0788. The van der Waals surface area contributed by atoms with Crippen molar-refractivity contribution < 1.29 is 4.79 Å². The van der Waals surface area contributed by atoms with Crippen molar-refractivity contribution in [3.8, 4) is 0 Å². The maximum absolute atomic E-state index is 12.0. The zero-order chi connectivity index (χ0) is 13.0. The molecule has 1 unspecified atom stereocenters. The lowest BCUT2D eigenvalue weighted by molar-refractivity contribution is -0.129. The monoisotopic (exact) mass is 235 g/mol. The van der Waals surface area contributed by atoms with Crippen molar-refractivity contribution in [1.82, 2.24) is 4.90 Å². The summed E-state index contributed by atoms with van der Waals surface area (Å²) in [6.45, 7) is 4.67. The first-order valence-corrected chi connectivity index (χ1v) is 5.81. The molecule has 4 heteroatoms. The zero-order valence-corrected chi connectivity index (χ0v) is 11.0. The molecule has 0 heterocycles. The fourth-order valence-electron chi connectivity index (χ4n) is 1.91. The molecule has 0 aliphatic heterocycles. The number of nitrogens with zero attached hydrogens (tertiary/aromatic N) is 2. The van der Waals surface area contributed by atoms with Crippen LogP contribution in [0.3, 0.4) is 0 Å². The van der Waals surface area contributed by atoms with E-state index in [0.717, 1.165) is 12.2 Å². The normalized spacial score (nSPS) is 12.0. The van der Waals surface area contributed by atoms with Crippen LogP contribution in [0.2, 0.25) is 0 Å². The number of hydrogen-bond donors (Lipinski definition) is 1. The van der Waals surface area contributed by atoms with E-state index in [-0.39, 0.29) is 11.9 Å². The number of amides is 1. The predicted octanol–water partition coefficient (Wildman–Crippen LogP) is 1.57. The third-order valence-electron chi connectivity index (χ3n) is 2.85. The van der Waals surface area contributed by atoms with Crippen LogP contribution in [-0.2, 0) is 4.79 Å². The van der Waals surface area contributed by atoms with E-state index in [9.17, 15) is 4.79 Å². The lowest BCUT2D eigenvalue weighted by Gasteiger charge is -2.31. The predicted molar refractivity (Wildman–Crippen MR) is 72.0 cm³/mol. The highest BCUT2D eigenvalue weighted by atomic mass is 16.2. The van der Waals surface area contributed by atoms with Crippen LogP contribution in [0.1, 0.15) is 13.8 Å².